The minimum Gasteiger partial charge on any atom is -0.387 e. The van der Waals surface area contributed by atoms with E-state index in [1.807, 2.05) is 72.8 Å². The van der Waals surface area contributed by atoms with Crippen molar-refractivity contribution in [2.45, 2.75) is 24.0 Å². The lowest BCUT2D eigenvalue weighted by Gasteiger charge is -2.41. The fourth-order valence-corrected chi connectivity index (χ4v) is 5.63. The summed E-state index contributed by atoms with van der Waals surface area (Å²) >= 11 is 6.17. The summed E-state index contributed by atoms with van der Waals surface area (Å²) in [5.41, 5.74) is 3.10. The molecule has 1 aliphatic carbocycles. The number of halogens is 1. The van der Waals surface area contributed by atoms with Gasteiger partial charge in [0.15, 0.2) is 0 Å². The number of anilines is 1. The number of rotatable bonds is 5. The standard InChI is InChI=1S/C27H29ClN2O2/c28-21-9-6-10-22(19-21)30-17-15-29(16-18-30)14-13-27(20-7-2-1-3-8-20)25(31)23-11-4-5-12-24(23)26(27)32/h1-12,19,25-26,31-32H,13-18H2. The number of aliphatic hydroxyl groups excluding tert-OH is 2. The smallest absolute Gasteiger partial charge is 0.0919 e. The molecule has 2 N–H and O–H groups in total. The van der Waals surface area contributed by atoms with Gasteiger partial charge in [0.25, 0.3) is 0 Å². The first-order valence-corrected chi connectivity index (χ1v) is 11.7. The van der Waals surface area contributed by atoms with Crippen molar-refractivity contribution in [3.8, 4) is 0 Å². The molecule has 0 radical (unpaired) electrons. The minimum absolute atomic E-state index is 0.686. The van der Waals surface area contributed by atoms with Crippen molar-refractivity contribution < 1.29 is 10.2 Å². The van der Waals surface area contributed by atoms with Crippen LogP contribution in [0.3, 0.4) is 0 Å². The number of piperazine rings is 1. The Hall–Kier alpha value is -2.37. The minimum atomic E-state index is -0.741. The van der Waals surface area contributed by atoms with Gasteiger partial charge in [-0.15, -0.1) is 0 Å². The van der Waals surface area contributed by atoms with E-state index in [-0.39, 0.29) is 0 Å². The molecule has 5 heteroatoms. The second-order valence-electron chi connectivity index (χ2n) is 8.90. The van der Waals surface area contributed by atoms with Crippen LogP contribution in [0.25, 0.3) is 0 Å². The summed E-state index contributed by atoms with van der Waals surface area (Å²) in [5, 5.41) is 23.7. The van der Waals surface area contributed by atoms with Gasteiger partial charge in [-0.05, 0) is 47.9 Å². The van der Waals surface area contributed by atoms with Gasteiger partial charge in [-0.2, -0.15) is 0 Å². The lowest BCUT2D eigenvalue weighted by Crippen LogP contribution is -2.48. The van der Waals surface area contributed by atoms with Crippen LogP contribution in [0.5, 0.6) is 0 Å². The summed E-state index contributed by atoms with van der Waals surface area (Å²) in [5.74, 6) is 0. The van der Waals surface area contributed by atoms with Gasteiger partial charge in [0.05, 0.1) is 17.6 Å². The molecule has 3 aromatic carbocycles. The fourth-order valence-electron chi connectivity index (χ4n) is 5.44. The molecule has 166 valence electrons. The van der Waals surface area contributed by atoms with Crippen molar-refractivity contribution in [2.75, 3.05) is 37.6 Å². The second-order valence-corrected chi connectivity index (χ2v) is 9.34. The van der Waals surface area contributed by atoms with E-state index in [0.717, 1.165) is 60.1 Å². The van der Waals surface area contributed by atoms with Crippen molar-refractivity contribution in [1.82, 2.24) is 4.90 Å². The van der Waals surface area contributed by atoms with Gasteiger partial charge in [-0.3, -0.25) is 4.90 Å². The van der Waals surface area contributed by atoms with Crippen molar-refractivity contribution >= 4 is 17.3 Å². The summed E-state index contributed by atoms with van der Waals surface area (Å²) in [7, 11) is 0. The van der Waals surface area contributed by atoms with Gasteiger partial charge in [-0.25, -0.2) is 0 Å². The zero-order valence-corrected chi connectivity index (χ0v) is 18.8. The average Bonchev–Trinajstić information content (AvgIpc) is 3.06. The van der Waals surface area contributed by atoms with Crippen LogP contribution in [0.2, 0.25) is 5.02 Å². The highest BCUT2D eigenvalue weighted by molar-refractivity contribution is 6.30. The molecule has 0 amide bonds. The lowest BCUT2D eigenvalue weighted by molar-refractivity contribution is -0.00757. The van der Waals surface area contributed by atoms with Crippen LogP contribution >= 0.6 is 11.6 Å². The van der Waals surface area contributed by atoms with Crippen LogP contribution in [0.4, 0.5) is 5.69 Å². The number of hydrogen-bond donors (Lipinski definition) is 2. The number of benzene rings is 3. The quantitative estimate of drug-likeness (QED) is 0.600. The summed E-state index contributed by atoms with van der Waals surface area (Å²) in [6.07, 6.45) is -0.779. The predicted octanol–water partition coefficient (Wildman–Crippen LogP) is 4.57. The molecule has 0 aromatic heterocycles. The predicted molar refractivity (Wildman–Crippen MR) is 129 cm³/mol. The van der Waals surface area contributed by atoms with Crippen molar-refractivity contribution in [3.63, 3.8) is 0 Å². The maximum atomic E-state index is 11.5. The number of aliphatic hydroxyl groups is 2. The highest BCUT2D eigenvalue weighted by atomic mass is 35.5. The third kappa shape index (κ3) is 3.71. The average molecular weight is 449 g/mol. The topological polar surface area (TPSA) is 46.9 Å². The van der Waals surface area contributed by atoms with E-state index in [2.05, 4.69) is 15.9 Å². The maximum Gasteiger partial charge on any atom is 0.0919 e. The molecular formula is C27H29ClN2O2. The number of nitrogens with zero attached hydrogens (tertiary/aromatic N) is 2. The lowest BCUT2D eigenvalue weighted by atomic mass is 9.71. The molecule has 2 atom stereocenters. The SMILES string of the molecule is OC1c2ccccc2C(O)C1(CCN1CCN(c2cccc(Cl)c2)CC1)c1ccccc1. The molecule has 5 rings (SSSR count). The van der Waals surface area contributed by atoms with E-state index in [9.17, 15) is 10.2 Å². The molecule has 3 aromatic rings. The largest absolute Gasteiger partial charge is 0.387 e. The fraction of sp³-hybridized carbons (Fsp3) is 0.333. The summed E-state index contributed by atoms with van der Waals surface area (Å²) in [6, 6.07) is 25.8. The Labute approximate surface area is 194 Å². The Kier molecular flexibility index (Phi) is 5.95. The molecule has 4 nitrogen and oxygen atoms in total. The van der Waals surface area contributed by atoms with E-state index in [4.69, 9.17) is 11.6 Å². The molecule has 1 heterocycles. The monoisotopic (exact) mass is 448 g/mol. The molecule has 0 bridgehead atoms. The van der Waals surface area contributed by atoms with Crippen LogP contribution in [-0.2, 0) is 5.41 Å². The molecule has 1 saturated heterocycles. The van der Waals surface area contributed by atoms with Crippen LogP contribution in [0.15, 0.2) is 78.9 Å². The third-order valence-electron chi connectivity index (χ3n) is 7.26. The number of hydrogen-bond acceptors (Lipinski definition) is 4. The zero-order chi connectivity index (χ0) is 22.1. The molecule has 2 aliphatic rings. The summed E-state index contributed by atoms with van der Waals surface area (Å²) in [4.78, 5) is 4.80. The first-order valence-electron chi connectivity index (χ1n) is 11.3. The van der Waals surface area contributed by atoms with Gasteiger partial charge in [0.2, 0.25) is 0 Å². The molecule has 2 unspecified atom stereocenters. The highest BCUT2D eigenvalue weighted by Gasteiger charge is 2.53. The van der Waals surface area contributed by atoms with Gasteiger partial charge >= 0.3 is 0 Å². The summed E-state index contributed by atoms with van der Waals surface area (Å²) < 4.78 is 0. The molecule has 1 fully saturated rings. The molecule has 1 aliphatic heterocycles. The second kappa shape index (κ2) is 8.87. The zero-order valence-electron chi connectivity index (χ0n) is 18.1. The Morgan fingerprint density at radius 1 is 0.781 bits per heavy atom. The molecule has 0 spiro atoms. The van der Waals surface area contributed by atoms with Crippen molar-refractivity contribution in [3.05, 3.63) is 101 Å². The Morgan fingerprint density at radius 3 is 2.03 bits per heavy atom. The van der Waals surface area contributed by atoms with E-state index < -0.39 is 17.6 Å². The normalized spacial score (nSPS) is 25.7. The maximum absolute atomic E-state index is 11.5. The van der Waals surface area contributed by atoms with Gasteiger partial charge in [0.1, 0.15) is 0 Å². The van der Waals surface area contributed by atoms with E-state index in [1.54, 1.807) is 0 Å². The van der Waals surface area contributed by atoms with E-state index >= 15 is 0 Å². The highest BCUT2D eigenvalue weighted by Crippen LogP contribution is 2.56. The van der Waals surface area contributed by atoms with Crippen molar-refractivity contribution in [1.29, 1.82) is 0 Å². The Morgan fingerprint density at radius 2 is 1.41 bits per heavy atom. The third-order valence-corrected chi connectivity index (χ3v) is 7.49. The first-order chi connectivity index (χ1) is 15.6. The first kappa shape index (κ1) is 21.5. The van der Waals surface area contributed by atoms with Crippen LogP contribution in [0, 0.1) is 0 Å². The molecular weight excluding hydrogens is 420 g/mol. The van der Waals surface area contributed by atoms with Crippen molar-refractivity contribution in [2.24, 2.45) is 0 Å². The van der Waals surface area contributed by atoms with Crippen LogP contribution in [-0.4, -0.2) is 47.8 Å². The number of fused-ring (bicyclic) bond motifs is 1. The van der Waals surface area contributed by atoms with Crippen LogP contribution < -0.4 is 4.90 Å². The van der Waals surface area contributed by atoms with Gasteiger partial charge in [-0.1, -0.05) is 72.3 Å². The van der Waals surface area contributed by atoms with Gasteiger partial charge in [0, 0.05) is 36.9 Å². The van der Waals surface area contributed by atoms with Crippen LogP contribution in [0.1, 0.15) is 35.3 Å². The summed E-state index contributed by atoms with van der Waals surface area (Å²) in [6.45, 7) is 4.57. The van der Waals surface area contributed by atoms with Gasteiger partial charge < -0.3 is 15.1 Å². The molecule has 32 heavy (non-hydrogen) atoms. The Balaban J connectivity index is 1.33. The molecule has 0 saturated carbocycles. The van der Waals surface area contributed by atoms with E-state index in [0.29, 0.717) is 6.42 Å². The Bertz CT molecular complexity index is 1040. The van der Waals surface area contributed by atoms with E-state index in [1.165, 1.54) is 0 Å².